The first-order valence-corrected chi connectivity index (χ1v) is 6.76. The highest BCUT2D eigenvalue weighted by atomic mass is 16.2. The maximum Gasteiger partial charge on any atom is 0.232 e. The summed E-state index contributed by atoms with van der Waals surface area (Å²) in [6, 6.07) is 9.60. The molecule has 0 bridgehead atoms. The fourth-order valence-corrected chi connectivity index (χ4v) is 1.91. The molecule has 1 atom stereocenters. The van der Waals surface area contributed by atoms with Crippen molar-refractivity contribution in [1.29, 1.82) is 0 Å². The van der Waals surface area contributed by atoms with Gasteiger partial charge in [-0.3, -0.25) is 9.59 Å². The molecule has 1 unspecified atom stereocenters. The second-order valence-electron chi connectivity index (χ2n) is 4.65. The van der Waals surface area contributed by atoms with Gasteiger partial charge in [0.25, 0.3) is 0 Å². The first kappa shape index (κ1) is 15.2. The first-order chi connectivity index (χ1) is 9.15. The summed E-state index contributed by atoms with van der Waals surface area (Å²) >= 11 is 0. The lowest BCUT2D eigenvalue weighted by Crippen LogP contribution is -2.38. The molecule has 0 saturated heterocycles. The Morgan fingerprint density at radius 3 is 2.47 bits per heavy atom. The van der Waals surface area contributed by atoms with E-state index in [0.717, 1.165) is 24.8 Å². The smallest absolute Gasteiger partial charge is 0.232 e. The fourth-order valence-electron chi connectivity index (χ4n) is 1.91. The highest BCUT2D eigenvalue weighted by molar-refractivity contribution is 5.99. The van der Waals surface area contributed by atoms with Crippen LogP contribution in [0, 0.1) is 5.92 Å². The van der Waals surface area contributed by atoms with Crippen LogP contribution in [0.15, 0.2) is 30.3 Å². The van der Waals surface area contributed by atoms with E-state index in [1.807, 2.05) is 30.3 Å². The van der Waals surface area contributed by atoms with Gasteiger partial charge >= 0.3 is 0 Å². The third-order valence-electron chi connectivity index (χ3n) is 3.07. The van der Waals surface area contributed by atoms with Crippen molar-refractivity contribution in [3.63, 3.8) is 0 Å². The number of carbonyl (C=O) groups excluding carboxylic acids is 2. The van der Waals surface area contributed by atoms with E-state index in [0.29, 0.717) is 13.0 Å². The fraction of sp³-hybridized carbons (Fsp3) is 0.467. The number of nitrogens with one attached hydrogen (secondary N) is 1. The second kappa shape index (κ2) is 8.29. The van der Waals surface area contributed by atoms with E-state index in [2.05, 4.69) is 12.2 Å². The number of primary amides is 1. The number of hydrogen-bond acceptors (Lipinski definition) is 2. The lowest BCUT2D eigenvalue weighted by atomic mass is 9.99. The van der Waals surface area contributed by atoms with Crippen LogP contribution in [0.25, 0.3) is 0 Å². The van der Waals surface area contributed by atoms with Gasteiger partial charge in [0.2, 0.25) is 11.8 Å². The molecule has 0 fully saturated rings. The molecule has 4 heteroatoms. The van der Waals surface area contributed by atoms with Crippen molar-refractivity contribution >= 4 is 11.8 Å². The van der Waals surface area contributed by atoms with Gasteiger partial charge in [0.1, 0.15) is 5.92 Å². The molecule has 0 aromatic heterocycles. The third kappa shape index (κ3) is 5.55. The normalized spacial score (nSPS) is 11.8. The Bertz CT molecular complexity index is 404. The summed E-state index contributed by atoms with van der Waals surface area (Å²) in [5, 5.41) is 2.77. The van der Waals surface area contributed by atoms with E-state index < -0.39 is 11.8 Å². The highest BCUT2D eigenvalue weighted by Gasteiger charge is 2.23. The Morgan fingerprint density at radius 2 is 1.89 bits per heavy atom. The topological polar surface area (TPSA) is 72.2 Å². The van der Waals surface area contributed by atoms with Gasteiger partial charge in [-0.1, -0.05) is 56.5 Å². The van der Waals surface area contributed by atoms with Crippen molar-refractivity contribution in [2.24, 2.45) is 11.7 Å². The number of unbranched alkanes of at least 4 members (excludes halogenated alkanes) is 2. The zero-order valence-corrected chi connectivity index (χ0v) is 11.4. The Morgan fingerprint density at radius 1 is 1.21 bits per heavy atom. The number of amides is 2. The van der Waals surface area contributed by atoms with Crippen LogP contribution in [0.1, 0.15) is 38.2 Å². The van der Waals surface area contributed by atoms with Crippen LogP contribution >= 0.6 is 0 Å². The molecule has 0 radical (unpaired) electrons. The van der Waals surface area contributed by atoms with Gasteiger partial charge in [0.15, 0.2) is 0 Å². The van der Waals surface area contributed by atoms with Crippen LogP contribution < -0.4 is 11.1 Å². The van der Waals surface area contributed by atoms with Gasteiger partial charge < -0.3 is 11.1 Å². The lowest BCUT2D eigenvalue weighted by molar-refractivity contribution is -0.133. The maximum absolute atomic E-state index is 11.9. The molecule has 0 saturated carbocycles. The van der Waals surface area contributed by atoms with Crippen molar-refractivity contribution in [3.8, 4) is 0 Å². The molecule has 1 rings (SSSR count). The molecule has 0 aliphatic rings. The number of benzene rings is 1. The van der Waals surface area contributed by atoms with Crippen LogP contribution in [-0.2, 0) is 16.1 Å². The number of hydrogen-bond donors (Lipinski definition) is 2. The summed E-state index contributed by atoms with van der Waals surface area (Å²) in [4.78, 5) is 23.2. The van der Waals surface area contributed by atoms with E-state index in [9.17, 15) is 9.59 Å². The van der Waals surface area contributed by atoms with Crippen molar-refractivity contribution in [2.75, 3.05) is 0 Å². The number of nitrogens with two attached hydrogens (primary N) is 1. The largest absolute Gasteiger partial charge is 0.369 e. The van der Waals surface area contributed by atoms with E-state index in [1.165, 1.54) is 0 Å². The summed E-state index contributed by atoms with van der Waals surface area (Å²) in [6.07, 6.45) is 3.44. The molecule has 19 heavy (non-hydrogen) atoms. The maximum atomic E-state index is 11.9. The minimum Gasteiger partial charge on any atom is -0.369 e. The monoisotopic (exact) mass is 262 g/mol. The standard InChI is InChI=1S/C15H22N2O2/c1-2-3-5-10-13(14(16)18)15(19)17-11-12-8-6-4-7-9-12/h4,6-9,13H,2-3,5,10-11H2,1H3,(H2,16,18)(H,17,19). The molecular weight excluding hydrogens is 240 g/mol. The van der Waals surface area contributed by atoms with E-state index in [4.69, 9.17) is 5.73 Å². The van der Waals surface area contributed by atoms with Gasteiger partial charge in [0, 0.05) is 6.54 Å². The first-order valence-electron chi connectivity index (χ1n) is 6.76. The quantitative estimate of drug-likeness (QED) is 0.555. The van der Waals surface area contributed by atoms with Gasteiger partial charge in [-0.15, -0.1) is 0 Å². The molecule has 4 nitrogen and oxygen atoms in total. The Balaban J connectivity index is 2.46. The van der Waals surface area contributed by atoms with E-state index in [-0.39, 0.29) is 5.91 Å². The molecule has 0 aliphatic heterocycles. The molecular formula is C15H22N2O2. The van der Waals surface area contributed by atoms with Crippen molar-refractivity contribution < 1.29 is 9.59 Å². The summed E-state index contributed by atoms with van der Waals surface area (Å²) < 4.78 is 0. The number of rotatable bonds is 8. The zero-order chi connectivity index (χ0) is 14.1. The molecule has 0 heterocycles. The molecule has 0 aliphatic carbocycles. The Kier molecular flexibility index (Phi) is 6.64. The minimum absolute atomic E-state index is 0.271. The van der Waals surface area contributed by atoms with Gasteiger partial charge in [0.05, 0.1) is 0 Å². The van der Waals surface area contributed by atoms with Gasteiger partial charge in [-0.2, -0.15) is 0 Å². The average Bonchev–Trinajstić information content (AvgIpc) is 2.42. The van der Waals surface area contributed by atoms with Crippen LogP contribution in [0.3, 0.4) is 0 Å². The molecule has 1 aromatic carbocycles. The molecule has 104 valence electrons. The second-order valence-corrected chi connectivity index (χ2v) is 4.65. The van der Waals surface area contributed by atoms with Gasteiger partial charge in [-0.25, -0.2) is 0 Å². The SMILES string of the molecule is CCCCCC(C(N)=O)C(=O)NCc1ccccc1. The lowest BCUT2D eigenvalue weighted by Gasteiger charge is -2.13. The molecule has 0 spiro atoms. The molecule has 1 aromatic rings. The molecule has 2 amide bonds. The van der Waals surface area contributed by atoms with Gasteiger partial charge in [-0.05, 0) is 12.0 Å². The summed E-state index contributed by atoms with van der Waals surface area (Å²) in [6.45, 7) is 2.51. The predicted octanol–water partition coefficient (Wildman–Crippen LogP) is 1.98. The third-order valence-corrected chi connectivity index (χ3v) is 3.07. The van der Waals surface area contributed by atoms with Crippen LogP contribution in [-0.4, -0.2) is 11.8 Å². The van der Waals surface area contributed by atoms with Crippen molar-refractivity contribution in [3.05, 3.63) is 35.9 Å². The van der Waals surface area contributed by atoms with Crippen LogP contribution in [0.2, 0.25) is 0 Å². The Labute approximate surface area is 114 Å². The van der Waals surface area contributed by atoms with Crippen molar-refractivity contribution in [1.82, 2.24) is 5.32 Å². The van der Waals surface area contributed by atoms with E-state index in [1.54, 1.807) is 0 Å². The summed E-state index contributed by atoms with van der Waals surface area (Å²) in [5.74, 6) is -1.52. The summed E-state index contributed by atoms with van der Waals surface area (Å²) in [5.41, 5.74) is 6.30. The van der Waals surface area contributed by atoms with E-state index >= 15 is 0 Å². The van der Waals surface area contributed by atoms with Crippen LogP contribution in [0.4, 0.5) is 0 Å². The van der Waals surface area contributed by atoms with Crippen molar-refractivity contribution in [2.45, 2.75) is 39.2 Å². The number of carbonyl (C=O) groups is 2. The minimum atomic E-state index is -0.713. The summed E-state index contributed by atoms with van der Waals surface area (Å²) in [7, 11) is 0. The highest BCUT2D eigenvalue weighted by Crippen LogP contribution is 2.10. The average molecular weight is 262 g/mol. The zero-order valence-electron chi connectivity index (χ0n) is 11.4. The van der Waals surface area contributed by atoms with Crippen LogP contribution in [0.5, 0.6) is 0 Å². The molecule has 3 N–H and O–H groups in total. The Hall–Kier alpha value is -1.84. The predicted molar refractivity (Wildman–Crippen MR) is 75.1 cm³/mol.